The maximum absolute atomic E-state index is 14.3. The number of carbonyl (C=O) groups excluding carboxylic acids is 2. The van der Waals surface area contributed by atoms with Crippen molar-refractivity contribution in [1.29, 1.82) is 0 Å². The van der Waals surface area contributed by atoms with Crippen LogP contribution in [0.25, 0.3) is 0 Å². The van der Waals surface area contributed by atoms with E-state index < -0.39 is 28.1 Å². The van der Waals surface area contributed by atoms with Crippen LogP contribution >= 0.6 is 11.3 Å². The molecular formula is C32H45N5O8S2. The predicted molar refractivity (Wildman–Crippen MR) is 180 cm³/mol. The SMILES string of the molecule is Cc1noc(C)c1NC(=O)N(C)C[C@H]1OCCCC[C@H](C)Oc2ccc(NS(=O)(=O)c3cccs3)cc2C(=O)N([C@H](C)CO)C[C@@H]1C. The topological polar surface area (TPSA) is 164 Å². The molecule has 4 rings (SSSR count). The number of hydrogen-bond donors (Lipinski definition) is 3. The number of amides is 3. The molecule has 258 valence electrons. The highest BCUT2D eigenvalue weighted by molar-refractivity contribution is 7.94. The van der Waals surface area contributed by atoms with Crippen LogP contribution in [-0.4, -0.2) is 92.0 Å². The van der Waals surface area contributed by atoms with Gasteiger partial charge in [-0.3, -0.25) is 9.52 Å². The summed E-state index contributed by atoms with van der Waals surface area (Å²) in [5.74, 6) is 0.122. The van der Waals surface area contributed by atoms with Crippen molar-refractivity contribution in [3.05, 3.63) is 52.7 Å². The third-order valence-electron chi connectivity index (χ3n) is 8.13. The lowest BCUT2D eigenvalue weighted by Crippen LogP contribution is -2.48. The van der Waals surface area contributed by atoms with Crippen LogP contribution in [0.3, 0.4) is 0 Å². The third kappa shape index (κ3) is 9.24. The van der Waals surface area contributed by atoms with Gasteiger partial charge in [0.25, 0.3) is 15.9 Å². The molecule has 2 aromatic heterocycles. The van der Waals surface area contributed by atoms with Gasteiger partial charge in [-0.1, -0.05) is 18.1 Å². The average Bonchev–Trinajstić information content (AvgIpc) is 3.69. The number of aryl methyl sites for hydroxylation is 2. The number of urea groups is 1. The van der Waals surface area contributed by atoms with Crippen molar-refractivity contribution in [3.63, 3.8) is 0 Å². The van der Waals surface area contributed by atoms with Gasteiger partial charge in [-0.15, -0.1) is 11.3 Å². The lowest BCUT2D eigenvalue weighted by molar-refractivity contribution is -0.0115. The minimum Gasteiger partial charge on any atom is -0.490 e. The molecule has 1 aliphatic heterocycles. The summed E-state index contributed by atoms with van der Waals surface area (Å²) in [4.78, 5) is 30.5. The van der Waals surface area contributed by atoms with E-state index in [9.17, 15) is 23.1 Å². The summed E-state index contributed by atoms with van der Waals surface area (Å²) in [5.41, 5.74) is 1.46. The maximum atomic E-state index is 14.3. The largest absolute Gasteiger partial charge is 0.490 e. The summed E-state index contributed by atoms with van der Waals surface area (Å²) in [6.45, 7) is 9.62. The molecule has 15 heteroatoms. The molecular weight excluding hydrogens is 647 g/mol. The van der Waals surface area contributed by atoms with E-state index in [4.69, 9.17) is 14.0 Å². The van der Waals surface area contributed by atoms with Crippen LogP contribution in [0.1, 0.15) is 61.8 Å². The highest BCUT2D eigenvalue weighted by Gasteiger charge is 2.31. The molecule has 0 radical (unpaired) electrons. The van der Waals surface area contributed by atoms with Crippen LogP contribution in [0.15, 0.2) is 44.4 Å². The molecule has 13 nitrogen and oxygen atoms in total. The van der Waals surface area contributed by atoms with E-state index in [1.807, 2.05) is 13.8 Å². The molecule has 4 atom stereocenters. The van der Waals surface area contributed by atoms with Gasteiger partial charge in [0.2, 0.25) is 0 Å². The molecule has 0 saturated heterocycles. The number of ether oxygens (including phenoxy) is 2. The highest BCUT2D eigenvalue weighted by Crippen LogP contribution is 2.30. The second kappa shape index (κ2) is 16.0. The van der Waals surface area contributed by atoms with Gasteiger partial charge in [0, 0.05) is 38.3 Å². The van der Waals surface area contributed by atoms with Gasteiger partial charge in [0.15, 0.2) is 5.76 Å². The summed E-state index contributed by atoms with van der Waals surface area (Å²) in [6.07, 6.45) is 1.57. The summed E-state index contributed by atoms with van der Waals surface area (Å²) in [5, 5.41) is 18.6. The Balaban J connectivity index is 1.62. The van der Waals surface area contributed by atoms with E-state index in [1.54, 1.807) is 56.3 Å². The number of aliphatic hydroxyl groups excluding tert-OH is 1. The van der Waals surface area contributed by atoms with Crippen LogP contribution in [-0.2, 0) is 14.8 Å². The van der Waals surface area contributed by atoms with Crippen LogP contribution in [0, 0.1) is 19.8 Å². The quantitative estimate of drug-likeness (QED) is 0.291. The zero-order valence-corrected chi connectivity index (χ0v) is 29.3. The molecule has 0 spiro atoms. The molecule has 0 bridgehead atoms. The van der Waals surface area contributed by atoms with Gasteiger partial charge < -0.3 is 34.2 Å². The van der Waals surface area contributed by atoms with Crippen molar-refractivity contribution < 1.29 is 37.1 Å². The number of nitrogens with one attached hydrogen (secondary N) is 2. The standard InChI is InChI=1S/C32H45N5O8S2/c1-20-17-37(21(2)19-38)31(39)26-16-25(35-47(41,42)29-11-9-15-46-29)12-13-27(26)44-22(3)10-7-8-14-43-28(20)18-36(6)32(40)33-30-23(4)34-45-24(30)5/h9,11-13,15-16,20-22,28,35,38H,7-8,10,14,17-19H2,1-6H3,(H,33,40)/t20-,21+,22-,28+/m0/s1. The number of hydrogen-bond acceptors (Lipinski definition) is 10. The Morgan fingerprint density at radius 3 is 2.66 bits per heavy atom. The van der Waals surface area contributed by atoms with Crippen LogP contribution < -0.4 is 14.8 Å². The molecule has 0 aliphatic carbocycles. The van der Waals surface area contributed by atoms with Crippen molar-refractivity contribution in [2.45, 2.75) is 76.3 Å². The second-order valence-electron chi connectivity index (χ2n) is 12.1. The first-order valence-electron chi connectivity index (χ1n) is 15.7. The van der Waals surface area contributed by atoms with Gasteiger partial charge in [-0.05, 0) is 76.6 Å². The number of anilines is 2. The van der Waals surface area contributed by atoms with Crippen molar-refractivity contribution in [2.24, 2.45) is 5.92 Å². The van der Waals surface area contributed by atoms with E-state index in [0.29, 0.717) is 35.9 Å². The van der Waals surface area contributed by atoms with Gasteiger partial charge in [0.05, 0.1) is 30.4 Å². The Hall–Kier alpha value is -3.66. The lowest BCUT2D eigenvalue weighted by Gasteiger charge is -2.35. The number of carbonyl (C=O) groups is 2. The number of nitrogens with zero attached hydrogens (tertiary/aromatic N) is 3. The molecule has 3 aromatic rings. The number of aromatic nitrogens is 1. The van der Waals surface area contributed by atoms with Crippen LogP contribution in [0.5, 0.6) is 5.75 Å². The second-order valence-corrected chi connectivity index (χ2v) is 14.9. The Labute approximate surface area is 280 Å². The van der Waals surface area contributed by atoms with Crippen molar-refractivity contribution in [2.75, 3.05) is 43.4 Å². The van der Waals surface area contributed by atoms with E-state index >= 15 is 0 Å². The average molecular weight is 692 g/mol. The highest BCUT2D eigenvalue weighted by atomic mass is 32.2. The van der Waals surface area contributed by atoms with E-state index in [2.05, 4.69) is 15.2 Å². The van der Waals surface area contributed by atoms with Crippen molar-refractivity contribution in [1.82, 2.24) is 15.0 Å². The zero-order chi connectivity index (χ0) is 34.3. The summed E-state index contributed by atoms with van der Waals surface area (Å²) in [7, 11) is -2.20. The zero-order valence-electron chi connectivity index (χ0n) is 27.7. The first-order valence-corrected chi connectivity index (χ1v) is 18.0. The Kier molecular flexibility index (Phi) is 12.3. The number of benzene rings is 1. The maximum Gasteiger partial charge on any atom is 0.321 e. The Morgan fingerprint density at radius 1 is 1.23 bits per heavy atom. The Morgan fingerprint density at radius 2 is 2.00 bits per heavy atom. The number of fused-ring (bicyclic) bond motifs is 1. The first-order chi connectivity index (χ1) is 22.3. The van der Waals surface area contributed by atoms with Crippen molar-refractivity contribution >= 4 is 44.7 Å². The lowest BCUT2D eigenvalue weighted by atomic mass is 10.0. The van der Waals surface area contributed by atoms with E-state index in [1.165, 1.54) is 17.0 Å². The molecule has 47 heavy (non-hydrogen) atoms. The molecule has 3 heterocycles. The first kappa shape index (κ1) is 36.2. The monoisotopic (exact) mass is 691 g/mol. The van der Waals surface area contributed by atoms with Crippen molar-refractivity contribution in [3.8, 4) is 5.75 Å². The van der Waals surface area contributed by atoms with Crippen LogP contribution in [0.2, 0.25) is 0 Å². The Bertz CT molecular complexity index is 1590. The molecule has 0 saturated carbocycles. The van der Waals surface area contributed by atoms with E-state index in [0.717, 1.165) is 24.2 Å². The fourth-order valence-electron chi connectivity index (χ4n) is 5.29. The molecule has 3 amide bonds. The number of aliphatic hydroxyl groups is 1. The van der Waals surface area contributed by atoms with Crippen LogP contribution in [0.4, 0.5) is 16.2 Å². The molecule has 1 aromatic carbocycles. The predicted octanol–water partition coefficient (Wildman–Crippen LogP) is 5.11. The normalized spacial score (nSPS) is 20.4. The van der Waals surface area contributed by atoms with Gasteiger partial charge in [-0.25, -0.2) is 13.2 Å². The summed E-state index contributed by atoms with van der Waals surface area (Å²) >= 11 is 1.09. The van der Waals surface area contributed by atoms with Gasteiger partial charge >= 0.3 is 6.03 Å². The number of likely N-dealkylation sites (N-methyl/N-ethyl adjacent to an activating group) is 1. The minimum absolute atomic E-state index is 0.148. The van der Waals surface area contributed by atoms with Gasteiger partial charge in [0.1, 0.15) is 21.3 Å². The fourth-order valence-corrected chi connectivity index (χ4v) is 7.33. The van der Waals surface area contributed by atoms with Gasteiger partial charge in [-0.2, -0.15) is 0 Å². The fraction of sp³-hybridized carbons (Fsp3) is 0.531. The summed E-state index contributed by atoms with van der Waals surface area (Å²) < 4.78 is 46.4. The third-order valence-corrected chi connectivity index (χ3v) is 10.9. The minimum atomic E-state index is -3.86. The molecule has 3 N–H and O–H groups in total. The number of thiophene rings is 1. The number of rotatable bonds is 8. The molecule has 1 aliphatic rings. The smallest absolute Gasteiger partial charge is 0.321 e. The molecule has 0 fully saturated rings. The summed E-state index contributed by atoms with van der Waals surface area (Å²) in [6, 6.07) is 6.86. The number of sulfonamides is 1. The molecule has 0 unspecified atom stereocenters. The van der Waals surface area contributed by atoms with E-state index in [-0.39, 0.29) is 53.2 Å².